The van der Waals surface area contributed by atoms with Crippen molar-refractivity contribution in [3.05, 3.63) is 42.5 Å². The number of hydrogen-bond acceptors (Lipinski definition) is 4. The molecule has 4 heteroatoms. The predicted molar refractivity (Wildman–Crippen MR) is 72.5 cm³/mol. The van der Waals surface area contributed by atoms with Gasteiger partial charge < -0.3 is 20.6 Å². The van der Waals surface area contributed by atoms with Gasteiger partial charge in [0.15, 0.2) is 11.5 Å². The predicted octanol–water partition coefficient (Wildman–Crippen LogP) is 3.57. The Morgan fingerprint density at radius 2 is 1.28 bits per heavy atom. The van der Waals surface area contributed by atoms with E-state index >= 15 is 0 Å². The van der Waals surface area contributed by atoms with E-state index in [9.17, 15) is 5.11 Å². The van der Waals surface area contributed by atoms with Crippen LogP contribution < -0.4 is 5.32 Å². The second-order valence-electron chi connectivity index (χ2n) is 3.38. The van der Waals surface area contributed by atoms with E-state index in [1.165, 1.54) is 12.1 Å². The van der Waals surface area contributed by atoms with Crippen LogP contribution in [0, 0.1) is 0 Å². The highest BCUT2D eigenvalue weighted by Crippen LogP contribution is 2.29. The van der Waals surface area contributed by atoms with E-state index in [0.29, 0.717) is 5.69 Å². The molecule has 0 amide bonds. The van der Waals surface area contributed by atoms with Crippen LogP contribution in [-0.4, -0.2) is 15.3 Å². The Morgan fingerprint density at radius 1 is 0.722 bits per heavy atom. The van der Waals surface area contributed by atoms with Crippen LogP contribution in [0.25, 0.3) is 0 Å². The normalized spacial score (nSPS) is 9.22. The molecular weight excluding hydrogens is 230 g/mol. The smallest absolute Gasteiger partial charge is 0.159 e. The van der Waals surface area contributed by atoms with Crippen molar-refractivity contribution < 1.29 is 15.3 Å². The van der Waals surface area contributed by atoms with Gasteiger partial charge in [-0.15, -0.1) is 0 Å². The summed E-state index contributed by atoms with van der Waals surface area (Å²) in [6, 6.07) is 11.0. The highest BCUT2D eigenvalue weighted by molar-refractivity contribution is 5.63. The third-order valence-electron chi connectivity index (χ3n) is 2.13. The molecule has 0 aliphatic rings. The minimum Gasteiger partial charge on any atom is -0.508 e. The first-order valence-corrected chi connectivity index (χ1v) is 5.73. The van der Waals surface area contributed by atoms with E-state index in [4.69, 9.17) is 10.2 Å². The van der Waals surface area contributed by atoms with E-state index in [1.807, 2.05) is 13.8 Å². The fourth-order valence-electron chi connectivity index (χ4n) is 1.31. The van der Waals surface area contributed by atoms with Gasteiger partial charge in [0.25, 0.3) is 0 Å². The zero-order valence-corrected chi connectivity index (χ0v) is 10.4. The summed E-state index contributed by atoms with van der Waals surface area (Å²) in [6.07, 6.45) is 0. The summed E-state index contributed by atoms with van der Waals surface area (Å²) in [7, 11) is 0. The van der Waals surface area contributed by atoms with Gasteiger partial charge in [-0.3, -0.25) is 0 Å². The van der Waals surface area contributed by atoms with Crippen molar-refractivity contribution in [2.45, 2.75) is 13.8 Å². The lowest BCUT2D eigenvalue weighted by molar-refractivity contribution is 0.404. The van der Waals surface area contributed by atoms with Crippen molar-refractivity contribution in [2.75, 3.05) is 5.32 Å². The van der Waals surface area contributed by atoms with Gasteiger partial charge in [-0.2, -0.15) is 0 Å². The Morgan fingerprint density at radius 3 is 1.83 bits per heavy atom. The molecule has 0 bridgehead atoms. The number of nitrogens with one attached hydrogen (secondary N) is 1. The number of aromatic hydroxyl groups is 3. The molecule has 0 aliphatic heterocycles. The van der Waals surface area contributed by atoms with E-state index in [0.717, 1.165) is 5.69 Å². The Bertz CT molecular complexity index is 495. The SMILES string of the molecule is CC.Oc1ccc(Nc2ccc(O)c(O)c2)cc1. The zero-order chi connectivity index (χ0) is 13.5. The van der Waals surface area contributed by atoms with Crippen molar-refractivity contribution in [1.82, 2.24) is 0 Å². The number of phenols is 3. The molecule has 0 saturated heterocycles. The van der Waals surface area contributed by atoms with Crippen molar-refractivity contribution in [3.63, 3.8) is 0 Å². The standard InChI is InChI=1S/C12H11NO3.C2H6/c14-10-4-1-8(2-5-10)13-9-3-6-11(15)12(16)7-9;1-2/h1-7,13-16H;1-2H3. The molecular formula is C14H17NO3. The highest BCUT2D eigenvalue weighted by Gasteiger charge is 2.00. The van der Waals surface area contributed by atoms with Gasteiger partial charge in [-0.05, 0) is 36.4 Å². The van der Waals surface area contributed by atoms with Crippen molar-refractivity contribution in [2.24, 2.45) is 0 Å². The minimum absolute atomic E-state index is 0.156. The van der Waals surface area contributed by atoms with Crippen molar-refractivity contribution in [1.29, 1.82) is 0 Å². The molecule has 0 radical (unpaired) electrons. The van der Waals surface area contributed by atoms with Crippen LogP contribution in [0.2, 0.25) is 0 Å². The Labute approximate surface area is 106 Å². The molecule has 2 rings (SSSR count). The van der Waals surface area contributed by atoms with Crippen molar-refractivity contribution in [3.8, 4) is 17.2 Å². The molecule has 0 atom stereocenters. The number of phenolic OH excluding ortho intramolecular Hbond substituents is 3. The monoisotopic (exact) mass is 247 g/mol. The second-order valence-corrected chi connectivity index (χ2v) is 3.38. The van der Waals surface area contributed by atoms with E-state index in [1.54, 1.807) is 30.3 Å². The lowest BCUT2D eigenvalue weighted by Gasteiger charge is -2.07. The lowest BCUT2D eigenvalue weighted by atomic mass is 10.2. The summed E-state index contributed by atoms with van der Waals surface area (Å²) in [5.41, 5.74) is 1.43. The quantitative estimate of drug-likeness (QED) is 0.483. The summed E-state index contributed by atoms with van der Waals surface area (Å²) < 4.78 is 0. The van der Waals surface area contributed by atoms with Gasteiger partial charge in [-0.1, -0.05) is 13.8 Å². The molecule has 96 valence electrons. The average molecular weight is 247 g/mol. The van der Waals surface area contributed by atoms with Crippen LogP contribution in [0.5, 0.6) is 17.2 Å². The molecule has 0 saturated carbocycles. The van der Waals surface area contributed by atoms with Crippen LogP contribution in [0.3, 0.4) is 0 Å². The highest BCUT2D eigenvalue weighted by atomic mass is 16.3. The van der Waals surface area contributed by atoms with Gasteiger partial charge in [0.1, 0.15) is 5.75 Å². The molecule has 0 heterocycles. The van der Waals surface area contributed by atoms with Gasteiger partial charge in [-0.25, -0.2) is 0 Å². The van der Waals surface area contributed by atoms with Crippen molar-refractivity contribution >= 4 is 11.4 Å². The van der Waals surface area contributed by atoms with E-state index < -0.39 is 0 Å². The van der Waals surface area contributed by atoms with E-state index in [-0.39, 0.29) is 17.2 Å². The molecule has 0 fully saturated rings. The first kappa shape index (κ1) is 13.7. The Balaban J connectivity index is 0.000000771. The summed E-state index contributed by atoms with van der Waals surface area (Å²) in [5, 5.41) is 30.5. The molecule has 0 aliphatic carbocycles. The third kappa shape index (κ3) is 3.59. The van der Waals surface area contributed by atoms with Crippen LogP contribution >= 0.6 is 0 Å². The number of benzene rings is 2. The summed E-state index contributed by atoms with van der Waals surface area (Å²) in [5.74, 6) is -0.140. The minimum atomic E-state index is -0.177. The average Bonchev–Trinajstić information content (AvgIpc) is 2.39. The number of anilines is 2. The fraction of sp³-hybridized carbons (Fsp3) is 0.143. The largest absolute Gasteiger partial charge is 0.508 e. The van der Waals surface area contributed by atoms with Crippen LogP contribution in [0.4, 0.5) is 11.4 Å². The fourth-order valence-corrected chi connectivity index (χ4v) is 1.31. The molecule has 0 aromatic heterocycles. The summed E-state index contributed by atoms with van der Waals surface area (Å²) in [4.78, 5) is 0. The van der Waals surface area contributed by atoms with Gasteiger partial charge in [0.2, 0.25) is 0 Å². The molecule has 2 aromatic carbocycles. The van der Waals surface area contributed by atoms with Gasteiger partial charge >= 0.3 is 0 Å². The maximum absolute atomic E-state index is 9.29. The maximum atomic E-state index is 9.29. The number of rotatable bonds is 2. The Kier molecular flexibility index (Phi) is 4.87. The second kappa shape index (κ2) is 6.39. The van der Waals surface area contributed by atoms with Crippen LogP contribution in [-0.2, 0) is 0 Å². The molecule has 18 heavy (non-hydrogen) atoms. The zero-order valence-electron chi connectivity index (χ0n) is 10.4. The summed E-state index contributed by atoms with van der Waals surface area (Å²) in [6.45, 7) is 4.00. The van der Waals surface area contributed by atoms with E-state index in [2.05, 4.69) is 5.32 Å². The van der Waals surface area contributed by atoms with Crippen LogP contribution in [0.1, 0.15) is 13.8 Å². The Hall–Kier alpha value is -2.36. The maximum Gasteiger partial charge on any atom is 0.159 e. The third-order valence-corrected chi connectivity index (χ3v) is 2.13. The van der Waals surface area contributed by atoms with Crippen LogP contribution in [0.15, 0.2) is 42.5 Å². The topological polar surface area (TPSA) is 72.7 Å². The first-order valence-electron chi connectivity index (χ1n) is 5.73. The van der Waals surface area contributed by atoms with Gasteiger partial charge in [0, 0.05) is 17.4 Å². The molecule has 2 aromatic rings. The summed E-state index contributed by atoms with van der Waals surface area (Å²) >= 11 is 0. The molecule has 4 N–H and O–H groups in total. The lowest BCUT2D eigenvalue weighted by Crippen LogP contribution is -1.89. The first-order chi connectivity index (χ1) is 8.65. The molecule has 0 spiro atoms. The van der Waals surface area contributed by atoms with Gasteiger partial charge in [0.05, 0.1) is 0 Å². The molecule has 0 unspecified atom stereocenters. The molecule has 4 nitrogen and oxygen atoms in total. The number of hydrogen-bond donors (Lipinski definition) is 4.